The Morgan fingerprint density at radius 1 is 1.31 bits per heavy atom. The van der Waals surface area contributed by atoms with Crippen LogP contribution in [0.2, 0.25) is 0 Å². The standard InChI is InChI=1S/C17H14N8O/c18-6-10-5-13-16(20-7-10)25(17(26)23-13)11-2-4-24(8-11)15-12-1-3-19-14(12)21-9-22-15/h1,3,5,7,9,11H,2,4,8H2,(H,23,26)(H,19,21,22). The molecule has 128 valence electrons. The Morgan fingerprint density at radius 3 is 3.12 bits per heavy atom. The zero-order valence-electron chi connectivity index (χ0n) is 13.7. The summed E-state index contributed by atoms with van der Waals surface area (Å²) in [5, 5.41) is 9.97. The summed E-state index contributed by atoms with van der Waals surface area (Å²) < 4.78 is 1.69. The van der Waals surface area contributed by atoms with E-state index in [1.807, 2.05) is 18.3 Å². The predicted molar refractivity (Wildman–Crippen MR) is 94.8 cm³/mol. The summed E-state index contributed by atoms with van der Waals surface area (Å²) in [5.41, 5.74) is 2.19. The van der Waals surface area contributed by atoms with Gasteiger partial charge in [-0.2, -0.15) is 5.26 Å². The minimum absolute atomic E-state index is 0.0133. The fourth-order valence-corrected chi connectivity index (χ4v) is 3.67. The van der Waals surface area contributed by atoms with Crippen molar-refractivity contribution < 1.29 is 0 Å². The molecule has 5 rings (SSSR count). The second-order valence-corrected chi connectivity index (χ2v) is 6.33. The summed E-state index contributed by atoms with van der Waals surface area (Å²) in [6.45, 7) is 1.45. The molecule has 1 aliphatic heterocycles. The highest BCUT2D eigenvalue weighted by atomic mass is 16.1. The van der Waals surface area contributed by atoms with Crippen molar-refractivity contribution in [1.82, 2.24) is 29.5 Å². The van der Waals surface area contributed by atoms with Crippen LogP contribution in [-0.4, -0.2) is 42.6 Å². The molecule has 0 spiro atoms. The SMILES string of the molecule is N#Cc1cnc2c(c1)[nH]c(=O)n2C1CCN(c2ncnc3[nH]ccc23)C1. The molecule has 9 heteroatoms. The molecule has 9 nitrogen and oxygen atoms in total. The first kappa shape index (κ1) is 14.7. The van der Waals surface area contributed by atoms with Gasteiger partial charge in [-0.05, 0) is 18.6 Å². The van der Waals surface area contributed by atoms with Crippen LogP contribution in [0.5, 0.6) is 0 Å². The van der Waals surface area contributed by atoms with Crippen molar-refractivity contribution in [2.75, 3.05) is 18.0 Å². The van der Waals surface area contributed by atoms with E-state index < -0.39 is 0 Å². The maximum absolute atomic E-state index is 12.5. The first-order chi connectivity index (χ1) is 12.7. The third-order valence-electron chi connectivity index (χ3n) is 4.85. The van der Waals surface area contributed by atoms with Gasteiger partial charge in [-0.3, -0.25) is 4.57 Å². The number of fused-ring (bicyclic) bond motifs is 2. The van der Waals surface area contributed by atoms with Crippen molar-refractivity contribution in [3.8, 4) is 6.07 Å². The van der Waals surface area contributed by atoms with E-state index in [1.165, 1.54) is 6.20 Å². The number of nitrogens with zero attached hydrogens (tertiary/aromatic N) is 6. The smallest absolute Gasteiger partial charge is 0.327 e. The molecule has 1 aliphatic rings. The minimum atomic E-state index is -0.205. The van der Waals surface area contributed by atoms with Crippen molar-refractivity contribution in [3.05, 3.63) is 46.9 Å². The van der Waals surface area contributed by atoms with Gasteiger partial charge in [-0.15, -0.1) is 0 Å². The van der Waals surface area contributed by atoms with Crippen LogP contribution in [0.3, 0.4) is 0 Å². The van der Waals surface area contributed by atoms with Gasteiger partial charge in [0.15, 0.2) is 5.65 Å². The van der Waals surface area contributed by atoms with Crippen molar-refractivity contribution in [2.45, 2.75) is 12.5 Å². The average molecular weight is 346 g/mol. The Hall–Kier alpha value is -3.67. The molecule has 0 aliphatic carbocycles. The Labute approximate surface area is 146 Å². The number of aromatic amines is 2. The first-order valence-electron chi connectivity index (χ1n) is 8.28. The molecule has 5 heterocycles. The van der Waals surface area contributed by atoms with E-state index in [1.54, 1.807) is 17.0 Å². The van der Waals surface area contributed by atoms with E-state index >= 15 is 0 Å². The van der Waals surface area contributed by atoms with Crippen LogP contribution >= 0.6 is 0 Å². The molecule has 0 amide bonds. The largest absolute Gasteiger partial charge is 0.354 e. The molecule has 1 unspecified atom stereocenters. The van der Waals surface area contributed by atoms with Gasteiger partial charge in [-0.1, -0.05) is 0 Å². The molecule has 0 saturated carbocycles. The van der Waals surface area contributed by atoms with Gasteiger partial charge < -0.3 is 14.9 Å². The molecule has 26 heavy (non-hydrogen) atoms. The molecule has 4 aromatic rings. The molecule has 0 aromatic carbocycles. The number of nitriles is 1. The van der Waals surface area contributed by atoms with Gasteiger partial charge in [0.05, 0.1) is 22.5 Å². The normalized spacial score (nSPS) is 17.2. The molecular formula is C17H14N8O. The van der Waals surface area contributed by atoms with Gasteiger partial charge >= 0.3 is 5.69 Å². The fraction of sp³-hybridized carbons (Fsp3) is 0.235. The van der Waals surface area contributed by atoms with Crippen LogP contribution in [0, 0.1) is 11.3 Å². The minimum Gasteiger partial charge on any atom is -0.354 e. The number of anilines is 1. The highest BCUT2D eigenvalue weighted by Gasteiger charge is 2.29. The Balaban J connectivity index is 1.53. The van der Waals surface area contributed by atoms with E-state index in [0.29, 0.717) is 23.3 Å². The van der Waals surface area contributed by atoms with Crippen molar-refractivity contribution in [3.63, 3.8) is 0 Å². The Kier molecular flexibility index (Phi) is 3.05. The lowest BCUT2D eigenvalue weighted by Crippen LogP contribution is -2.26. The molecule has 1 saturated heterocycles. The van der Waals surface area contributed by atoms with E-state index in [4.69, 9.17) is 5.26 Å². The molecule has 0 radical (unpaired) electrons. The van der Waals surface area contributed by atoms with Crippen LogP contribution in [0.25, 0.3) is 22.2 Å². The lowest BCUT2D eigenvalue weighted by Gasteiger charge is -2.18. The zero-order valence-corrected chi connectivity index (χ0v) is 13.7. The first-order valence-corrected chi connectivity index (χ1v) is 8.28. The van der Waals surface area contributed by atoms with Crippen LogP contribution in [-0.2, 0) is 0 Å². The predicted octanol–water partition coefficient (Wildman–Crippen LogP) is 1.32. The summed E-state index contributed by atoms with van der Waals surface area (Å²) in [4.78, 5) is 33.5. The Bertz CT molecular complexity index is 1230. The van der Waals surface area contributed by atoms with Crippen LogP contribution in [0.4, 0.5) is 5.82 Å². The van der Waals surface area contributed by atoms with E-state index in [9.17, 15) is 4.79 Å². The maximum atomic E-state index is 12.5. The summed E-state index contributed by atoms with van der Waals surface area (Å²) in [7, 11) is 0. The van der Waals surface area contributed by atoms with E-state index in [2.05, 4.69) is 29.8 Å². The van der Waals surface area contributed by atoms with Crippen LogP contribution < -0.4 is 10.6 Å². The molecule has 1 atom stereocenters. The van der Waals surface area contributed by atoms with Gasteiger partial charge in [0.25, 0.3) is 0 Å². The highest BCUT2D eigenvalue weighted by Crippen LogP contribution is 2.30. The third-order valence-corrected chi connectivity index (χ3v) is 4.85. The second kappa shape index (κ2) is 5.42. The number of rotatable bonds is 2. The van der Waals surface area contributed by atoms with E-state index in [0.717, 1.165) is 29.8 Å². The van der Waals surface area contributed by atoms with Gasteiger partial charge in [0, 0.05) is 25.5 Å². The maximum Gasteiger partial charge on any atom is 0.327 e. The summed E-state index contributed by atoms with van der Waals surface area (Å²) in [5.74, 6) is 0.867. The highest BCUT2D eigenvalue weighted by molar-refractivity contribution is 5.87. The molecule has 4 aromatic heterocycles. The van der Waals surface area contributed by atoms with Gasteiger partial charge in [0.1, 0.15) is 23.9 Å². The zero-order chi connectivity index (χ0) is 17.7. The van der Waals surface area contributed by atoms with Crippen molar-refractivity contribution in [1.29, 1.82) is 5.26 Å². The number of aromatic nitrogens is 6. The number of pyridine rings is 1. The third kappa shape index (κ3) is 2.09. The lowest BCUT2D eigenvalue weighted by atomic mass is 10.2. The van der Waals surface area contributed by atoms with Crippen LogP contribution in [0.15, 0.2) is 35.6 Å². The number of nitrogens with one attached hydrogen (secondary N) is 2. The molecule has 1 fully saturated rings. The summed E-state index contributed by atoms with van der Waals surface area (Å²) >= 11 is 0. The van der Waals surface area contributed by atoms with E-state index in [-0.39, 0.29) is 11.7 Å². The molecule has 0 bridgehead atoms. The number of H-pyrrole nitrogens is 2. The van der Waals surface area contributed by atoms with Crippen molar-refractivity contribution >= 4 is 28.0 Å². The monoisotopic (exact) mass is 346 g/mol. The summed E-state index contributed by atoms with van der Waals surface area (Å²) in [6, 6.07) is 5.64. The number of hydrogen-bond acceptors (Lipinski definition) is 6. The van der Waals surface area contributed by atoms with Crippen LogP contribution in [0.1, 0.15) is 18.0 Å². The van der Waals surface area contributed by atoms with Crippen molar-refractivity contribution in [2.24, 2.45) is 0 Å². The molecule has 2 N–H and O–H groups in total. The topological polar surface area (TPSA) is 119 Å². The number of imidazole rings is 1. The fourth-order valence-electron chi connectivity index (χ4n) is 3.67. The number of hydrogen-bond donors (Lipinski definition) is 2. The molecular weight excluding hydrogens is 332 g/mol. The lowest BCUT2D eigenvalue weighted by molar-refractivity contribution is 0.547. The summed E-state index contributed by atoms with van der Waals surface area (Å²) in [6.07, 6.45) is 5.69. The Morgan fingerprint density at radius 2 is 2.23 bits per heavy atom. The van der Waals surface area contributed by atoms with Gasteiger partial charge in [0.2, 0.25) is 0 Å². The quantitative estimate of drug-likeness (QED) is 0.565. The average Bonchev–Trinajstić information content (AvgIpc) is 3.37. The van der Waals surface area contributed by atoms with Gasteiger partial charge in [-0.25, -0.2) is 19.7 Å². The second-order valence-electron chi connectivity index (χ2n) is 6.33.